The molecule has 5 nitrogen and oxygen atoms in total. The van der Waals surface area contributed by atoms with Gasteiger partial charge in [0.05, 0.1) is 17.1 Å². The van der Waals surface area contributed by atoms with E-state index < -0.39 is 0 Å². The summed E-state index contributed by atoms with van der Waals surface area (Å²) in [7, 11) is 1.87. The van der Waals surface area contributed by atoms with Crippen LogP contribution in [0.3, 0.4) is 0 Å². The topological polar surface area (TPSA) is 56.2 Å². The lowest BCUT2D eigenvalue weighted by molar-refractivity contribution is -0.118. The third kappa shape index (κ3) is 2.54. The SMILES string of the molecule is Cc1nn(C)c(-c2ccc(F)cc2)c1-c1ccc2c(c1C)NC(=O)CO2. The molecular formula is C20H18FN3O2. The van der Waals surface area contributed by atoms with Gasteiger partial charge in [-0.2, -0.15) is 5.10 Å². The molecule has 0 saturated heterocycles. The average molecular weight is 351 g/mol. The van der Waals surface area contributed by atoms with E-state index in [-0.39, 0.29) is 18.3 Å². The van der Waals surface area contributed by atoms with E-state index in [9.17, 15) is 9.18 Å². The van der Waals surface area contributed by atoms with Gasteiger partial charge in [0.15, 0.2) is 6.61 Å². The van der Waals surface area contributed by atoms with Crippen molar-refractivity contribution in [3.8, 4) is 28.1 Å². The molecule has 0 radical (unpaired) electrons. The number of carbonyl (C=O) groups is 1. The zero-order valence-corrected chi connectivity index (χ0v) is 14.8. The number of carbonyl (C=O) groups excluding carboxylic acids is 1. The van der Waals surface area contributed by atoms with Crippen LogP contribution in [0.15, 0.2) is 36.4 Å². The lowest BCUT2D eigenvalue weighted by Crippen LogP contribution is -2.26. The average Bonchev–Trinajstić information content (AvgIpc) is 2.91. The van der Waals surface area contributed by atoms with Crippen LogP contribution in [0.5, 0.6) is 5.75 Å². The van der Waals surface area contributed by atoms with Crippen LogP contribution in [-0.4, -0.2) is 22.3 Å². The fourth-order valence-electron chi connectivity index (χ4n) is 3.47. The van der Waals surface area contributed by atoms with Crippen molar-refractivity contribution in [1.82, 2.24) is 9.78 Å². The van der Waals surface area contributed by atoms with Gasteiger partial charge in [-0.3, -0.25) is 9.48 Å². The van der Waals surface area contributed by atoms with Gasteiger partial charge in [0.25, 0.3) is 5.91 Å². The van der Waals surface area contributed by atoms with Crippen LogP contribution in [0.25, 0.3) is 22.4 Å². The van der Waals surface area contributed by atoms with Crippen LogP contribution >= 0.6 is 0 Å². The molecule has 2 aromatic carbocycles. The number of aromatic nitrogens is 2. The van der Waals surface area contributed by atoms with Crippen LogP contribution in [0, 0.1) is 19.7 Å². The maximum absolute atomic E-state index is 13.3. The van der Waals surface area contributed by atoms with Crippen molar-refractivity contribution in [2.45, 2.75) is 13.8 Å². The smallest absolute Gasteiger partial charge is 0.262 e. The molecule has 1 aliphatic rings. The molecule has 0 aliphatic carbocycles. The van der Waals surface area contributed by atoms with Crippen molar-refractivity contribution >= 4 is 11.6 Å². The highest BCUT2D eigenvalue weighted by atomic mass is 19.1. The van der Waals surface area contributed by atoms with Crippen molar-refractivity contribution in [2.24, 2.45) is 7.05 Å². The number of anilines is 1. The fourth-order valence-corrected chi connectivity index (χ4v) is 3.47. The number of nitrogens with one attached hydrogen (secondary N) is 1. The molecule has 1 aliphatic heterocycles. The highest BCUT2D eigenvalue weighted by Crippen LogP contribution is 2.42. The first-order valence-corrected chi connectivity index (χ1v) is 8.32. The molecule has 1 amide bonds. The second-order valence-electron chi connectivity index (χ2n) is 6.39. The fraction of sp³-hybridized carbons (Fsp3) is 0.200. The molecule has 3 aromatic rings. The van der Waals surface area contributed by atoms with Gasteiger partial charge in [0.1, 0.15) is 11.6 Å². The first-order valence-electron chi connectivity index (χ1n) is 8.32. The van der Waals surface area contributed by atoms with Crippen LogP contribution in [0.4, 0.5) is 10.1 Å². The minimum Gasteiger partial charge on any atom is -0.482 e. The van der Waals surface area contributed by atoms with Crippen molar-refractivity contribution in [2.75, 3.05) is 11.9 Å². The zero-order valence-electron chi connectivity index (χ0n) is 14.8. The largest absolute Gasteiger partial charge is 0.482 e. The van der Waals surface area contributed by atoms with Crippen LogP contribution in [0.2, 0.25) is 0 Å². The number of ether oxygens (including phenoxy) is 1. The van der Waals surface area contributed by atoms with E-state index in [1.54, 1.807) is 16.8 Å². The normalized spacial score (nSPS) is 13.2. The standard InChI is InChI=1S/C20H18FN3O2/c1-11-15(8-9-16-19(11)22-17(25)10-26-16)18-12(2)23-24(3)20(18)13-4-6-14(21)7-5-13/h4-9H,10H2,1-3H3,(H,22,25). The number of fused-ring (bicyclic) bond motifs is 1. The molecule has 1 aromatic heterocycles. The zero-order chi connectivity index (χ0) is 18.4. The summed E-state index contributed by atoms with van der Waals surface area (Å²) < 4.78 is 20.6. The number of amides is 1. The number of halogens is 1. The van der Waals surface area contributed by atoms with Gasteiger partial charge in [0, 0.05) is 18.2 Å². The summed E-state index contributed by atoms with van der Waals surface area (Å²) in [6, 6.07) is 10.2. The Morgan fingerprint density at radius 2 is 1.88 bits per heavy atom. The first kappa shape index (κ1) is 16.3. The van der Waals surface area contributed by atoms with Gasteiger partial charge < -0.3 is 10.1 Å². The first-order chi connectivity index (χ1) is 12.5. The Hall–Kier alpha value is -3.15. The Balaban J connectivity index is 1.93. The molecule has 1 N–H and O–H groups in total. The van der Waals surface area contributed by atoms with E-state index in [0.29, 0.717) is 11.4 Å². The number of nitrogens with zero attached hydrogens (tertiary/aromatic N) is 2. The molecule has 0 atom stereocenters. The van der Waals surface area contributed by atoms with Gasteiger partial charge in [-0.1, -0.05) is 6.07 Å². The minimum atomic E-state index is -0.279. The summed E-state index contributed by atoms with van der Waals surface area (Å²) in [4.78, 5) is 11.7. The lowest BCUT2D eigenvalue weighted by atomic mass is 9.94. The minimum absolute atomic E-state index is 0.0263. The number of hydrogen-bond donors (Lipinski definition) is 1. The molecule has 6 heteroatoms. The summed E-state index contributed by atoms with van der Waals surface area (Å²) in [5.74, 6) is 0.217. The number of benzene rings is 2. The Bertz CT molecular complexity index is 1020. The molecule has 2 heterocycles. The summed E-state index contributed by atoms with van der Waals surface area (Å²) in [6.07, 6.45) is 0. The highest BCUT2D eigenvalue weighted by molar-refractivity contribution is 5.98. The Morgan fingerprint density at radius 1 is 1.15 bits per heavy atom. The van der Waals surface area contributed by atoms with E-state index >= 15 is 0 Å². The summed E-state index contributed by atoms with van der Waals surface area (Å²) in [6.45, 7) is 3.92. The predicted octanol–water partition coefficient (Wildman–Crippen LogP) is 3.84. The lowest BCUT2D eigenvalue weighted by Gasteiger charge is -2.22. The van der Waals surface area contributed by atoms with Gasteiger partial charge in [-0.05, 0) is 55.3 Å². The van der Waals surface area contributed by atoms with E-state index in [2.05, 4.69) is 10.4 Å². The van der Waals surface area contributed by atoms with Crippen molar-refractivity contribution in [1.29, 1.82) is 0 Å². The van der Waals surface area contributed by atoms with Crippen molar-refractivity contribution in [3.63, 3.8) is 0 Å². The van der Waals surface area contributed by atoms with Crippen LogP contribution in [0.1, 0.15) is 11.3 Å². The van der Waals surface area contributed by atoms with E-state index in [4.69, 9.17) is 4.74 Å². The van der Waals surface area contributed by atoms with Gasteiger partial charge in [-0.15, -0.1) is 0 Å². The van der Waals surface area contributed by atoms with Crippen molar-refractivity contribution in [3.05, 3.63) is 53.5 Å². The van der Waals surface area contributed by atoms with E-state index in [0.717, 1.165) is 33.6 Å². The molecule has 0 saturated carbocycles. The summed E-state index contributed by atoms with van der Waals surface area (Å²) >= 11 is 0. The molecular weight excluding hydrogens is 333 g/mol. The maximum Gasteiger partial charge on any atom is 0.262 e. The Kier molecular flexibility index (Phi) is 3.76. The molecule has 0 spiro atoms. The maximum atomic E-state index is 13.3. The van der Waals surface area contributed by atoms with Gasteiger partial charge in [0.2, 0.25) is 0 Å². The van der Waals surface area contributed by atoms with E-state index in [1.165, 1.54) is 12.1 Å². The highest BCUT2D eigenvalue weighted by Gasteiger charge is 2.24. The van der Waals surface area contributed by atoms with Gasteiger partial charge >= 0.3 is 0 Å². The van der Waals surface area contributed by atoms with E-state index in [1.807, 2.05) is 33.0 Å². The molecule has 132 valence electrons. The quantitative estimate of drug-likeness (QED) is 0.763. The van der Waals surface area contributed by atoms with Crippen LogP contribution in [-0.2, 0) is 11.8 Å². The number of rotatable bonds is 2. The van der Waals surface area contributed by atoms with Crippen molar-refractivity contribution < 1.29 is 13.9 Å². The second-order valence-corrected chi connectivity index (χ2v) is 6.39. The predicted molar refractivity (Wildman–Crippen MR) is 97.6 cm³/mol. The molecule has 0 fully saturated rings. The molecule has 0 unspecified atom stereocenters. The third-order valence-electron chi connectivity index (χ3n) is 4.66. The number of hydrogen-bond acceptors (Lipinski definition) is 3. The second kappa shape index (κ2) is 5.98. The Morgan fingerprint density at radius 3 is 2.62 bits per heavy atom. The monoisotopic (exact) mass is 351 g/mol. The summed E-state index contributed by atoms with van der Waals surface area (Å²) in [5, 5.41) is 7.45. The summed E-state index contributed by atoms with van der Waals surface area (Å²) in [5.41, 5.74) is 6.15. The van der Waals surface area contributed by atoms with Crippen LogP contribution < -0.4 is 10.1 Å². The number of aryl methyl sites for hydroxylation is 2. The van der Waals surface area contributed by atoms with Gasteiger partial charge in [-0.25, -0.2) is 4.39 Å². The molecule has 4 rings (SSSR count). The Labute approximate surface area is 150 Å². The molecule has 0 bridgehead atoms. The third-order valence-corrected chi connectivity index (χ3v) is 4.66. The molecule has 26 heavy (non-hydrogen) atoms.